The second-order valence-corrected chi connectivity index (χ2v) is 9.43. The Morgan fingerprint density at radius 3 is 2.55 bits per heavy atom. The van der Waals surface area contributed by atoms with Gasteiger partial charge in [-0.05, 0) is 49.9 Å². The van der Waals surface area contributed by atoms with Gasteiger partial charge < -0.3 is 14.8 Å². The predicted octanol–water partition coefficient (Wildman–Crippen LogP) is 3.48. The Bertz CT molecular complexity index is 1010. The molecule has 7 nitrogen and oxygen atoms in total. The monoisotopic (exact) mass is 446 g/mol. The van der Waals surface area contributed by atoms with Crippen LogP contribution in [0.15, 0.2) is 47.4 Å². The van der Waals surface area contributed by atoms with E-state index in [9.17, 15) is 13.2 Å². The fraction of sp³-hybridized carbons (Fsp3) is 0.435. The molecular formula is C23H30N2O5S. The van der Waals surface area contributed by atoms with Crippen LogP contribution in [0.2, 0.25) is 0 Å². The summed E-state index contributed by atoms with van der Waals surface area (Å²) in [4.78, 5) is 12.3. The number of carbonyl (C=O) groups excluding carboxylic acids is 1. The Morgan fingerprint density at radius 1 is 1.03 bits per heavy atom. The molecule has 31 heavy (non-hydrogen) atoms. The van der Waals surface area contributed by atoms with Crippen LogP contribution in [0.25, 0.3) is 0 Å². The Balaban J connectivity index is 1.36. The highest BCUT2D eigenvalue weighted by atomic mass is 32.2. The fourth-order valence-corrected chi connectivity index (χ4v) is 4.62. The van der Waals surface area contributed by atoms with E-state index in [0.29, 0.717) is 50.5 Å². The number of amides is 1. The number of fused-ring (bicyclic) bond motifs is 1. The number of sulfonamides is 1. The molecule has 0 aromatic heterocycles. The lowest BCUT2D eigenvalue weighted by atomic mass is 10.0. The molecule has 8 heteroatoms. The van der Waals surface area contributed by atoms with Crippen molar-refractivity contribution in [2.24, 2.45) is 0 Å². The Labute approximate surface area is 184 Å². The maximum absolute atomic E-state index is 12.5. The average Bonchev–Trinajstić information content (AvgIpc) is 2.76. The molecule has 2 aromatic carbocycles. The van der Waals surface area contributed by atoms with E-state index in [-0.39, 0.29) is 16.8 Å². The fourth-order valence-electron chi connectivity index (χ4n) is 3.53. The van der Waals surface area contributed by atoms with E-state index in [1.54, 1.807) is 6.07 Å². The first kappa shape index (κ1) is 23.1. The lowest BCUT2D eigenvalue weighted by Gasteiger charge is -2.19. The van der Waals surface area contributed by atoms with Crippen molar-refractivity contribution in [1.29, 1.82) is 0 Å². The van der Waals surface area contributed by atoms with Crippen LogP contribution >= 0.6 is 0 Å². The molecule has 0 bridgehead atoms. The molecule has 1 unspecified atom stereocenters. The summed E-state index contributed by atoms with van der Waals surface area (Å²) in [6, 6.07) is 12.6. The number of carbonyl (C=O) groups is 1. The van der Waals surface area contributed by atoms with Crippen molar-refractivity contribution in [3.63, 3.8) is 0 Å². The van der Waals surface area contributed by atoms with Crippen LogP contribution in [0.4, 0.5) is 0 Å². The van der Waals surface area contributed by atoms with Gasteiger partial charge in [-0.25, -0.2) is 13.1 Å². The first-order valence-corrected chi connectivity index (χ1v) is 12.1. The second-order valence-electron chi connectivity index (χ2n) is 7.66. The molecule has 168 valence electrons. The average molecular weight is 447 g/mol. The minimum Gasteiger partial charge on any atom is -0.486 e. The van der Waals surface area contributed by atoms with Crippen molar-refractivity contribution in [1.82, 2.24) is 10.0 Å². The molecule has 2 aromatic rings. The van der Waals surface area contributed by atoms with Crippen LogP contribution in [-0.4, -0.2) is 34.1 Å². The summed E-state index contributed by atoms with van der Waals surface area (Å²) in [6.45, 7) is 5.19. The van der Waals surface area contributed by atoms with Gasteiger partial charge in [0.15, 0.2) is 11.5 Å². The molecule has 1 atom stereocenters. The van der Waals surface area contributed by atoms with Gasteiger partial charge >= 0.3 is 0 Å². The molecule has 0 fully saturated rings. The molecule has 0 saturated carbocycles. The van der Waals surface area contributed by atoms with E-state index in [4.69, 9.17) is 9.47 Å². The molecule has 0 aliphatic carbocycles. The number of aryl methyl sites for hydroxylation is 1. The molecule has 0 saturated heterocycles. The van der Waals surface area contributed by atoms with E-state index >= 15 is 0 Å². The number of hydrogen-bond acceptors (Lipinski definition) is 5. The highest BCUT2D eigenvalue weighted by molar-refractivity contribution is 7.89. The first-order valence-electron chi connectivity index (χ1n) is 10.6. The zero-order chi connectivity index (χ0) is 22.3. The number of hydrogen-bond donors (Lipinski definition) is 2. The van der Waals surface area contributed by atoms with Gasteiger partial charge in [-0.15, -0.1) is 0 Å². The van der Waals surface area contributed by atoms with Gasteiger partial charge in [-0.1, -0.05) is 30.7 Å². The third kappa shape index (κ3) is 6.45. The third-order valence-corrected chi connectivity index (χ3v) is 6.69. The highest BCUT2D eigenvalue weighted by Crippen LogP contribution is 2.32. The highest BCUT2D eigenvalue weighted by Gasteiger charge is 2.19. The number of benzene rings is 2. The minimum atomic E-state index is -3.61. The van der Waals surface area contributed by atoms with Crippen LogP contribution in [0, 0.1) is 6.92 Å². The normalized spacial score (nSPS) is 14.1. The minimum absolute atomic E-state index is 0.00705. The Kier molecular flexibility index (Phi) is 7.92. The van der Waals surface area contributed by atoms with Crippen LogP contribution in [0.3, 0.4) is 0 Å². The maximum atomic E-state index is 12.5. The largest absolute Gasteiger partial charge is 0.486 e. The van der Waals surface area contributed by atoms with Gasteiger partial charge in [0.1, 0.15) is 13.2 Å². The van der Waals surface area contributed by atoms with Gasteiger partial charge in [0.25, 0.3) is 0 Å². The second kappa shape index (κ2) is 10.6. The first-order chi connectivity index (χ1) is 14.9. The lowest BCUT2D eigenvalue weighted by Crippen LogP contribution is -2.27. The number of nitrogens with one attached hydrogen (secondary N) is 2. The summed E-state index contributed by atoms with van der Waals surface area (Å²) in [5, 5.41) is 3.03. The molecule has 1 aliphatic rings. The zero-order valence-corrected chi connectivity index (χ0v) is 18.8. The number of ether oxygens (including phenoxy) is 2. The summed E-state index contributed by atoms with van der Waals surface area (Å²) < 4.78 is 38.4. The molecule has 1 amide bonds. The van der Waals surface area contributed by atoms with Gasteiger partial charge in [-0.2, -0.15) is 0 Å². The van der Waals surface area contributed by atoms with Crippen molar-refractivity contribution >= 4 is 15.9 Å². The molecule has 1 heterocycles. The van der Waals surface area contributed by atoms with Gasteiger partial charge in [-0.3, -0.25) is 4.79 Å². The summed E-state index contributed by atoms with van der Waals surface area (Å²) in [5.74, 6) is 1.01. The lowest BCUT2D eigenvalue weighted by molar-refractivity contribution is -0.121. The topological polar surface area (TPSA) is 93.7 Å². The van der Waals surface area contributed by atoms with Crippen LogP contribution in [0.5, 0.6) is 11.5 Å². The molecule has 0 spiro atoms. The SMILES string of the molecule is Cc1ccccc1C(C)NC(=O)CCCCCNS(=O)(=O)c1ccc2c(c1)OCCO2. The maximum Gasteiger partial charge on any atom is 0.240 e. The summed E-state index contributed by atoms with van der Waals surface area (Å²) in [7, 11) is -3.61. The van der Waals surface area contributed by atoms with E-state index in [1.165, 1.54) is 12.1 Å². The van der Waals surface area contributed by atoms with E-state index in [1.807, 2.05) is 38.1 Å². The van der Waals surface area contributed by atoms with E-state index < -0.39 is 10.0 Å². The standard InChI is InChI=1S/C23H30N2O5S/c1-17-8-5-6-9-20(17)18(2)25-23(26)10-4-3-7-13-24-31(27,28)19-11-12-21-22(16-19)30-15-14-29-21/h5-6,8-9,11-12,16,18,24H,3-4,7,10,13-15H2,1-2H3,(H,25,26). The van der Waals surface area contributed by atoms with Gasteiger partial charge in [0.05, 0.1) is 10.9 Å². The predicted molar refractivity (Wildman–Crippen MR) is 119 cm³/mol. The molecule has 3 rings (SSSR count). The molecular weight excluding hydrogens is 416 g/mol. The van der Waals surface area contributed by atoms with Crippen molar-refractivity contribution in [3.05, 3.63) is 53.6 Å². The summed E-state index contributed by atoms with van der Waals surface area (Å²) in [6.07, 6.45) is 2.55. The summed E-state index contributed by atoms with van der Waals surface area (Å²) in [5.41, 5.74) is 2.27. The van der Waals surface area contributed by atoms with E-state index in [0.717, 1.165) is 17.5 Å². The van der Waals surface area contributed by atoms with Crippen LogP contribution < -0.4 is 19.5 Å². The van der Waals surface area contributed by atoms with Gasteiger partial charge in [0, 0.05) is 19.0 Å². The van der Waals surface area contributed by atoms with E-state index in [2.05, 4.69) is 10.0 Å². The smallest absolute Gasteiger partial charge is 0.240 e. The Hall–Kier alpha value is -2.58. The molecule has 0 radical (unpaired) electrons. The van der Waals surface area contributed by atoms with Crippen molar-refractivity contribution < 1.29 is 22.7 Å². The zero-order valence-electron chi connectivity index (χ0n) is 18.0. The molecule has 1 aliphatic heterocycles. The van der Waals surface area contributed by atoms with Crippen LogP contribution in [0.1, 0.15) is 49.8 Å². The molecule has 2 N–H and O–H groups in total. The van der Waals surface area contributed by atoms with Crippen molar-refractivity contribution in [3.8, 4) is 11.5 Å². The number of rotatable bonds is 10. The Morgan fingerprint density at radius 2 is 1.77 bits per heavy atom. The quantitative estimate of drug-likeness (QED) is 0.545. The summed E-state index contributed by atoms with van der Waals surface area (Å²) >= 11 is 0. The van der Waals surface area contributed by atoms with Crippen LogP contribution in [-0.2, 0) is 14.8 Å². The number of unbranched alkanes of at least 4 members (excludes halogenated alkanes) is 2. The van der Waals surface area contributed by atoms with Gasteiger partial charge in [0.2, 0.25) is 15.9 Å². The third-order valence-electron chi connectivity index (χ3n) is 5.23. The van der Waals surface area contributed by atoms with Crippen molar-refractivity contribution in [2.75, 3.05) is 19.8 Å². The van der Waals surface area contributed by atoms with Crippen molar-refractivity contribution in [2.45, 2.75) is 50.5 Å².